The quantitative estimate of drug-likeness (QED) is 0.717. The maximum absolute atomic E-state index is 11.8. The molecule has 0 unspecified atom stereocenters. The Labute approximate surface area is 95.4 Å². The summed E-state index contributed by atoms with van der Waals surface area (Å²) in [6.07, 6.45) is 1.80. The number of aromatic nitrogens is 3. The first-order valence-corrected chi connectivity index (χ1v) is 5.50. The SMILES string of the molecule is CCCc1nc(C(=O)N(C)CCNC)n[nH]1. The molecule has 1 aromatic heterocycles. The fourth-order valence-electron chi connectivity index (χ4n) is 1.29. The smallest absolute Gasteiger partial charge is 0.293 e. The Morgan fingerprint density at radius 2 is 2.31 bits per heavy atom. The van der Waals surface area contributed by atoms with Gasteiger partial charge >= 0.3 is 0 Å². The van der Waals surface area contributed by atoms with Crippen LogP contribution in [0.2, 0.25) is 0 Å². The van der Waals surface area contributed by atoms with Crippen LogP contribution >= 0.6 is 0 Å². The molecule has 1 amide bonds. The second-order valence-corrected chi connectivity index (χ2v) is 3.69. The summed E-state index contributed by atoms with van der Waals surface area (Å²) in [5, 5.41) is 9.68. The van der Waals surface area contributed by atoms with E-state index in [1.54, 1.807) is 11.9 Å². The van der Waals surface area contributed by atoms with Crippen molar-refractivity contribution in [3.63, 3.8) is 0 Å². The van der Waals surface area contributed by atoms with Crippen LogP contribution in [0.1, 0.15) is 29.8 Å². The van der Waals surface area contributed by atoms with Crippen molar-refractivity contribution in [2.45, 2.75) is 19.8 Å². The number of nitrogens with one attached hydrogen (secondary N) is 2. The molecule has 0 saturated carbocycles. The molecule has 0 aromatic carbocycles. The average molecular weight is 225 g/mol. The molecular weight excluding hydrogens is 206 g/mol. The van der Waals surface area contributed by atoms with Crippen molar-refractivity contribution in [3.05, 3.63) is 11.6 Å². The zero-order valence-corrected chi connectivity index (χ0v) is 10.1. The Kier molecular flexibility index (Phi) is 4.91. The van der Waals surface area contributed by atoms with Crippen molar-refractivity contribution in [2.24, 2.45) is 0 Å². The molecule has 0 atom stereocenters. The lowest BCUT2D eigenvalue weighted by atomic mass is 10.3. The van der Waals surface area contributed by atoms with E-state index in [1.165, 1.54) is 0 Å². The van der Waals surface area contributed by atoms with Gasteiger partial charge in [-0.15, -0.1) is 5.10 Å². The van der Waals surface area contributed by atoms with Gasteiger partial charge in [0.15, 0.2) is 0 Å². The Hall–Kier alpha value is -1.43. The molecule has 6 nitrogen and oxygen atoms in total. The number of rotatable bonds is 6. The molecule has 90 valence electrons. The monoisotopic (exact) mass is 225 g/mol. The van der Waals surface area contributed by atoms with E-state index in [0.717, 1.165) is 25.2 Å². The first-order chi connectivity index (χ1) is 7.69. The number of carbonyl (C=O) groups is 1. The highest BCUT2D eigenvalue weighted by atomic mass is 16.2. The zero-order chi connectivity index (χ0) is 12.0. The predicted octanol–water partition coefficient (Wildman–Crippen LogP) is 0.0486. The van der Waals surface area contributed by atoms with Crippen LogP contribution < -0.4 is 5.32 Å². The largest absolute Gasteiger partial charge is 0.338 e. The number of carbonyl (C=O) groups excluding carboxylic acids is 1. The molecule has 0 saturated heterocycles. The van der Waals surface area contributed by atoms with Gasteiger partial charge in [-0.2, -0.15) is 0 Å². The lowest BCUT2D eigenvalue weighted by Crippen LogP contribution is -2.33. The van der Waals surface area contributed by atoms with Gasteiger partial charge in [-0.25, -0.2) is 4.98 Å². The highest BCUT2D eigenvalue weighted by Gasteiger charge is 2.16. The third kappa shape index (κ3) is 3.30. The third-order valence-corrected chi connectivity index (χ3v) is 2.25. The molecule has 0 fully saturated rings. The van der Waals surface area contributed by atoms with E-state index in [4.69, 9.17) is 0 Å². The summed E-state index contributed by atoms with van der Waals surface area (Å²) >= 11 is 0. The van der Waals surface area contributed by atoms with Gasteiger partial charge in [-0.3, -0.25) is 9.89 Å². The summed E-state index contributed by atoms with van der Waals surface area (Å²) in [5.74, 6) is 0.878. The van der Waals surface area contributed by atoms with E-state index in [-0.39, 0.29) is 11.7 Å². The van der Waals surface area contributed by atoms with Crippen LogP contribution in [0.3, 0.4) is 0 Å². The number of aromatic amines is 1. The highest BCUT2D eigenvalue weighted by molar-refractivity contribution is 5.90. The van der Waals surface area contributed by atoms with E-state index < -0.39 is 0 Å². The van der Waals surface area contributed by atoms with Crippen molar-refractivity contribution in [1.29, 1.82) is 0 Å². The van der Waals surface area contributed by atoms with Crippen molar-refractivity contribution in [3.8, 4) is 0 Å². The number of hydrogen-bond donors (Lipinski definition) is 2. The van der Waals surface area contributed by atoms with E-state index in [9.17, 15) is 4.79 Å². The van der Waals surface area contributed by atoms with Gasteiger partial charge < -0.3 is 10.2 Å². The van der Waals surface area contributed by atoms with Gasteiger partial charge in [0.05, 0.1) is 0 Å². The normalized spacial score (nSPS) is 10.4. The van der Waals surface area contributed by atoms with Crippen LogP contribution in [0.4, 0.5) is 0 Å². The minimum Gasteiger partial charge on any atom is -0.338 e. The summed E-state index contributed by atoms with van der Waals surface area (Å²) in [7, 11) is 3.60. The highest BCUT2D eigenvalue weighted by Crippen LogP contribution is 1.99. The molecule has 1 rings (SSSR count). The third-order valence-electron chi connectivity index (χ3n) is 2.25. The van der Waals surface area contributed by atoms with Crippen LogP contribution in [0.25, 0.3) is 0 Å². The molecule has 1 heterocycles. The molecule has 0 spiro atoms. The topological polar surface area (TPSA) is 73.9 Å². The Bertz CT molecular complexity index is 336. The standard InChI is InChI=1S/C10H19N5O/c1-4-5-8-12-9(14-13-8)10(16)15(3)7-6-11-2/h11H,4-7H2,1-3H3,(H,12,13,14). The van der Waals surface area contributed by atoms with Gasteiger partial charge in [-0.1, -0.05) is 6.92 Å². The Morgan fingerprint density at radius 3 is 2.94 bits per heavy atom. The summed E-state index contributed by atoms with van der Waals surface area (Å²) in [6, 6.07) is 0. The van der Waals surface area contributed by atoms with Crippen molar-refractivity contribution in [1.82, 2.24) is 25.4 Å². The first-order valence-electron chi connectivity index (χ1n) is 5.50. The maximum atomic E-state index is 11.8. The molecule has 16 heavy (non-hydrogen) atoms. The van der Waals surface area contributed by atoms with Crippen LogP contribution in [0, 0.1) is 0 Å². The van der Waals surface area contributed by atoms with Crippen LogP contribution in [-0.2, 0) is 6.42 Å². The number of amides is 1. The number of nitrogens with zero attached hydrogens (tertiary/aromatic N) is 3. The molecule has 6 heteroatoms. The number of aryl methyl sites for hydroxylation is 1. The molecule has 2 N–H and O–H groups in total. The van der Waals surface area contributed by atoms with E-state index in [2.05, 4.69) is 27.4 Å². The summed E-state index contributed by atoms with van der Waals surface area (Å²) in [4.78, 5) is 17.6. The fraction of sp³-hybridized carbons (Fsp3) is 0.700. The molecule has 0 radical (unpaired) electrons. The molecule has 0 aliphatic rings. The van der Waals surface area contributed by atoms with Crippen LogP contribution in [-0.4, -0.2) is 53.2 Å². The number of H-pyrrole nitrogens is 1. The van der Waals surface area contributed by atoms with Crippen molar-refractivity contribution in [2.75, 3.05) is 27.2 Å². The lowest BCUT2D eigenvalue weighted by Gasteiger charge is -2.14. The lowest BCUT2D eigenvalue weighted by molar-refractivity contribution is 0.0785. The second-order valence-electron chi connectivity index (χ2n) is 3.69. The van der Waals surface area contributed by atoms with Gasteiger partial charge in [0.25, 0.3) is 5.91 Å². The predicted molar refractivity (Wildman–Crippen MR) is 61.3 cm³/mol. The van der Waals surface area contributed by atoms with Gasteiger partial charge in [0, 0.05) is 26.6 Å². The van der Waals surface area contributed by atoms with Crippen molar-refractivity contribution < 1.29 is 4.79 Å². The number of likely N-dealkylation sites (N-methyl/N-ethyl adjacent to an activating group) is 2. The van der Waals surface area contributed by atoms with Gasteiger partial charge in [0.2, 0.25) is 5.82 Å². The van der Waals surface area contributed by atoms with Crippen molar-refractivity contribution >= 4 is 5.91 Å². The second kappa shape index (κ2) is 6.22. The fourth-order valence-corrected chi connectivity index (χ4v) is 1.29. The van der Waals surface area contributed by atoms with Crippen LogP contribution in [0.5, 0.6) is 0 Å². The molecule has 0 aliphatic heterocycles. The minimum atomic E-state index is -0.145. The maximum Gasteiger partial charge on any atom is 0.293 e. The summed E-state index contributed by atoms with van der Waals surface area (Å²) < 4.78 is 0. The molecule has 1 aromatic rings. The molecule has 0 bridgehead atoms. The van der Waals surface area contributed by atoms with Gasteiger partial charge in [-0.05, 0) is 13.5 Å². The molecule has 0 aliphatic carbocycles. The number of hydrogen-bond acceptors (Lipinski definition) is 4. The average Bonchev–Trinajstić information content (AvgIpc) is 2.74. The van der Waals surface area contributed by atoms with E-state index in [0.29, 0.717) is 6.54 Å². The Balaban J connectivity index is 2.57. The Morgan fingerprint density at radius 1 is 1.56 bits per heavy atom. The minimum absolute atomic E-state index is 0.145. The zero-order valence-electron chi connectivity index (χ0n) is 10.1. The van der Waals surface area contributed by atoms with E-state index >= 15 is 0 Å². The van der Waals surface area contributed by atoms with Gasteiger partial charge in [0.1, 0.15) is 5.82 Å². The van der Waals surface area contributed by atoms with E-state index in [1.807, 2.05) is 7.05 Å². The first kappa shape index (κ1) is 12.6. The molecular formula is C10H19N5O. The summed E-state index contributed by atoms with van der Waals surface area (Å²) in [6.45, 7) is 3.46. The van der Waals surface area contributed by atoms with Crippen LogP contribution in [0.15, 0.2) is 0 Å². The summed E-state index contributed by atoms with van der Waals surface area (Å²) in [5.41, 5.74) is 0.